The summed E-state index contributed by atoms with van der Waals surface area (Å²) in [5, 5.41) is 0. The Hall–Kier alpha value is -1.60. The van der Waals surface area contributed by atoms with Crippen molar-refractivity contribution < 1.29 is 0 Å². The van der Waals surface area contributed by atoms with E-state index in [1.54, 1.807) is 0 Å². The molecule has 1 nitrogen and oxygen atoms in total. The van der Waals surface area contributed by atoms with Crippen molar-refractivity contribution in [2.24, 2.45) is 17.6 Å². The van der Waals surface area contributed by atoms with E-state index in [9.17, 15) is 0 Å². The Kier molecular flexibility index (Phi) is 4.97. The third kappa shape index (κ3) is 3.71. The maximum atomic E-state index is 6.34. The van der Waals surface area contributed by atoms with Gasteiger partial charge >= 0.3 is 0 Å². The monoisotopic (exact) mass is 267 g/mol. The summed E-state index contributed by atoms with van der Waals surface area (Å²) in [6.45, 7) is 6.69. The van der Waals surface area contributed by atoms with Crippen molar-refractivity contribution in [1.29, 1.82) is 0 Å². The predicted octanol–water partition coefficient (Wildman–Crippen LogP) is 4.57. The summed E-state index contributed by atoms with van der Waals surface area (Å²) in [4.78, 5) is 0. The molecule has 0 aliphatic carbocycles. The highest BCUT2D eigenvalue weighted by atomic mass is 14.6. The van der Waals surface area contributed by atoms with Gasteiger partial charge in [-0.1, -0.05) is 75.4 Å². The van der Waals surface area contributed by atoms with Gasteiger partial charge in [0, 0.05) is 6.04 Å². The molecule has 2 aromatic rings. The summed E-state index contributed by atoms with van der Waals surface area (Å²) < 4.78 is 0. The lowest BCUT2D eigenvalue weighted by molar-refractivity contribution is 0.352. The minimum atomic E-state index is 0.126. The van der Waals surface area contributed by atoms with Crippen LogP contribution in [-0.2, 0) is 6.42 Å². The van der Waals surface area contributed by atoms with Crippen LogP contribution in [0.4, 0.5) is 0 Å². The van der Waals surface area contributed by atoms with Gasteiger partial charge in [0.15, 0.2) is 0 Å². The average Bonchev–Trinajstić information content (AvgIpc) is 2.47. The van der Waals surface area contributed by atoms with Gasteiger partial charge in [0.2, 0.25) is 0 Å². The lowest BCUT2D eigenvalue weighted by Crippen LogP contribution is -2.23. The molecule has 0 bridgehead atoms. The van der Waals surface area contributed by atoms with Crippen LogP contribution >= 0.6 is 0 Å². The molecule has 2 aromatic carbocycles. The second-order valence-electron chi connectivity index (χ2n) is 6.03. The zero-order valence-electron chi connectivity index (χ0n) is 12.7. The van der Waals surface area contributed by atoms with Crippen molar-refractivity contribution in [3.8, 4) is 0 Å². The van der Waals surface area contributed by atoms with Crippen LogP contribution in [0.5, 0.6) is 0 Å². The molecule has 0 aromatic heterocycles. The fourth-order valence-corrected chi connectivity index (χ4v) is 2.41. The molecule has 20 heavy (non-hydrogen) atoms. The van der Waals surface area contributed by atoms with E-state index in [0.29, 0.717) is 11.8 Å². The highest BCUT2D eigenvalue weighted by Crippen LogP contribution is 2.25. The second-order valence-corrected chi connectivity index (χ2v) is 6.03. The molecule has 2 N–H and O–H groups in total. The van der Waals surface area contributed by atoms with Crippen LogP contribution < -0.4 is 5.73 Å². The van der Waals surface area contributed by atoms with Gasteiger partial charge in [-0.25, -0.2) is 0 Å². The van der Waals surface area contributed by atoms with E-state index >= 15 is 0 Å². The van der Waals surface area contributed by atoms with Gasteiger partial charge in [0.05, 0.1) is 0 Å². The molecule has 0 fully saturated rings. The van der Waals surface area contributed by atoms with E-state index in [-0.39, 0.29) is 6.04 Å². The first kappa shape index (κ1) is 14.8. The normalized spacial score (nSPS) is 14.2. The standard InChI is InChI=1S/C19H25N/c1-14(2)15(3)19(20)18-11-9-17(10-12-18)13-16-7-5-4-6-8-16/h4-12,14-15,19H,13,20H2,1-3H3. The molecule has 0 radical (unpaired) electrons. The molecule has 0 saturated carbocycles. The summed E-state index contributed by atoms with van der Waals surface area (Å²) in [6, 6.07) is 19.5. The first-order valence-corrected chi connectivity index (χ1v) is 7.46. The van der Waals surface area contributed by atoms with E-state index in [1.807, 2.05) is 0 Å². The average molecular weight is 267 g/mol. The number of benzene rings is 2. The van der Waals surface area contributed by atoms with Crippen molar-refractivity contribution in [1.82, 2.24) is 0 Å². The number of rotatable bonds is 5. The van der Waals surface area contributed by atoms with Gasteiger partial charge in [0.1, 0.15) is 0 Å². The molecule has 106 valence electrons. The summed E-state index contributed by atoms with van der Waals surface area (Å²) >= 11 is 0. The van der Waals surface area contributed by atoms with Crippen molar-refractivity contribution >= 4 is 0 Å². The number of hydrogen-bond acceptors (Lipinski definition) is 1. The molecule has 0 saturated heterocycles. The van der Waals surface area contributed by atoms with Gasteiger partial charge in [-0.05, 0) is 34.9 Å². The van der Waals surface area contributed by atoms with Gasteiger partial charge in [-0.15, -0.1) is 0 Å². The molecule has 0 amide bonds. The van der Waals surface area contributed by atoms with Crippen LogP contribution in [0.25, 0.3) is 0 Å². The van der Waals surface area contributed by atoms with E-state index < -0.39 is 0 Å². The Morgan fingerprint density at radius 3 is 1.90 bits per heavy atom. The summed E-state index contributed by atoms with van der Waals surface area (Å²) in [6.07, 6.45) is 0.982. The molecular weight excluding hydrogens is 242 g/mol. The SMILES string of the molecule is CC(C)C(C)C(N)c1ccc(Cc2ccccc2)cc1. The Balaban J connectivity index is 2.06. The van der Waals surface area contributed by atoms with Gasteiger partial charge in [0.25, 0.3) is 0 Å². The van der Waals surface area contributed by atoms with Crippen LogP contribution in [0, 0.1) is 11.8 Å². The van der Waals surface area contributed by atoms with Crippen LogP contribution in [0.3, 0.4) is 0 Å². The Labute approximate surface area is 122 Å². The van der Waals surface area contributed by atoms with E-state index in [4.69, 9.17) is 5.73 Å². The maximum absolute atomic E-state index is 6.34. The third-order valence-corrected chi connectivity index (χ3v) is 4.23. The molecule has 0 aliphatic rings. The quantitative estimate of drug-likeness (QED) is 0.843. The molecular formula is C19H25N. The number of nitrogens with two attached hydrogens (primary N) is 1. The Morgan fingerprint density at radius 2 is 1.35 bits per heavy atom. The second kappa shape index (κ2) is 6.71. The van der Waals surface area contributed by atoms with Crippen LogP contribution in [0.2, 0.25) is 0 Å². The van der Waals surface area contributed by atoms with Crippen LogP contribution in [0.15, 0.2) is 54.6 Å². The topological polar surface area (TPSA) is 26.0 Å². The highest BCUT2D eigenvalue weighted by Gasteiger charge is 2.17. The van der Waals surface area contributed by atoms with Crippen molar-refractivity contribution in [3.63, 3.8) is 0 Å². The Morgan fingerprint density at radius 1 is 0.800 bits per heavy atom. The smallest absolute Gasteiger partial charge is 0.0323 e. The van der Waals surface area contributed by atoms with Crippen molar-refractivity contribution in [2.75, 3.05) is 0 Å². The number of hydrogen-bond donors (Lipinski definition) is 1. The Bertz CT molecular complexity index is 513. The lowest BCUT2D eigenvalue weighted by Gasteiger charge is -2.23. The predicted molar refractivity (Wildman–Crippen MR) is 86.6 cm³/mol. The van der Waals surface area contributed by atoms with Gasteiger partial charge < -0.3 is 5.73 Å². The van der Waals surface area contributed by atoms with Crippen molar-refractivity contribution in [2.45, 2.75) is 33.2 Å². The van der Waals surface area contributed by atoms with Crippen molar-refractivity contribution in [3.05, 3.63) is 71.3 Å². The summed E-state index contributed by atoms with van der Waals surface area (Å²) in [7, 11) is 0. The minimum Gasteiger partial charge on any atom is -0.324 e. The van der Waals surface area contributed by atoms with E-state index in [2.05, 4.69) is 75.4 Å². The summed E-state index contributed by atoms with van der Waals surface area (Å²) in [5.74, 6) is 1.10. The fourth-order valence-electron chi connectivity index (χ4n) is 2.41. The van der Waals surface area contributed by atoms with Gasteiger partial charge in [-0.3, -0.25) is 0 Å². The largest absolute Gasteiger partial charge is 0.324 e. The highest BCUT2D eigenvalue weighted by molar-refractivity contribution is 5.30. The van der Waals surface area contributed by atoms with Crippen LogP contribution in [-0.4, -0.2) is 0 Å². The lowest BCUT2D eigenvalue weighted by atomic mass is 9.86. The zero-order valence-corrected chi connectivity index (χ0v) is 12.7. The molecule has 0 aliphatic heterocycles. The zero-order chi connectivity index (χ0) is 14.5. The molecule has 2 rings (SSSR count). The molecule has 0 spiro atoms. The third-order valence-electron chi connectivity index (χ3n) is 4.23. The fraction of sp³-hybridized carbons (Fsp3) is 0.368. The van der Waals surface area contributed by atoms with E-state index in [0.717, 1.165) is 6.42 Å². The molecule has 2 unspecified atom stereocenters. The first-order valence-electron chi connectivity index (χ1n) is 7.46. The molecule has 1 heteroatoms. The van der Waals surface area contributed by atoms with Crippen LogP contribution in [0.1, 0.15) is 43.5 Å². The van der Waals surface area contributed by atoms with E-state index in [1.165, 1.54) is 16.7 Å². The molecule has 2 atom stereocenters. The molecule has 0 heterocycles. The van der Waals surface area contributed by atoms with Gasteiger partial charge in [-0.2, -0.15) is 0 Å². The summed E-state index contributed by atoms with van der Waals surface area (Å²) in [5.41, 5.74) is 10.3. The maximum Gasteiger partial charge on any atom is 0.0323 e. The first-order chi connectivity index (χ1) is 9.58. The minimum absolute atomic E-state index is 0.126.